The van der Waals surface area contributed by atoms with Gasteiger partial charge >= 0.3 is 0 Å². The fourth-order valence-corrected chi connectivity index (χ4v) is 1.73. The molecule has 0 aliphatic heterocycles. The molecule has 0 aliphatic rings. The standard InChI is InChI=1S/C12H23N5/c1-4-7-10-14-11(16-12(13)15-10)8-9-17(5-2)6-3/h4-9H2,1-3H3,(H2,13,14,15,16). The third kappa shape index (κ3) is 4.65. The Kier molecular flexibility index (Phi) is 5.83. The highest BCUT2D eigenvalue weighted by Gasteiger charge is 2.06. The van der Waals surface area contributed by atoms with Crippen LogP contribution in [0, 0.1) is 0 Å². The van der Waals surface area contributed by atoms with Crippen molar-refractivity contribution in [3.05, 3.63) is 11.6 Å². The van der Waals surface area contributed by atoms with Crippen molar-refractivity contribution in [1.82, 2.24) is 19.9 Å². The predicted octanol–water partition coefficient (Wildman–Crippen LogP) is 1.29. The third-order valence-corrected chi connectivity index (χ3v) is 2.76. The first kappa shape index (κ1) is 13.8. The highest BCUT2D eigenvalue weighted by Crippen LogP contribution is 2.02. The van der Waals surface area contributed by atoms with Crippen LogP contribution in [0.1, 0.15) is 38.8 Å². The fourth-order valence-electron chi connectivity index (χ4n) is 1.73. The summed E-state index contributed by atoms with van der Waals surface area (Å²) in [6, 6.07) is 0. The van der Waals surface area contributed by atoms with E-state index in [0.717, 1.165) is 50.5 Å². The van der Waals surface area contributed by atoms with E-state index in [9.17, 15) is 0 Å². The lowest BCUT2D eigenvalue weighted by Gasteiger charge is -2.17. The molecule has 0 atom stereocenters. The van der Waals surface area contributed by atoms with Gasteiger partial charge in [-0.05, 0) is 19.5 Å². The second-order valence-corrected chi connectivity index (χ2v) is 4.05. The Morgan fingerprint density at radius 2 is 1.53 bits per heavy atom. The smallest absolute Gasteiger partial charge is 0.223 e. The molecule has 1 aromatic rings. The molecule has 5 heteroatoms. The zero-order valence-electron chi connectivity index (χ0n) is 11.1. The molecule has 0 fully saturated rings. The molecular formula is C12H23N5. The molecule has 2 N–H and O–H groups in total. The largest absolute Gasteiger partial charge is 0.368 e. The number of likely N-dealkylation sites (N-methyl/N-ethyl adjacent to an activating group) is 1. The summed E-state index contributed by atoms with van der Waals surface area (Å²) in [5.41, 5.74) is 5.69. The van der Waals surface area contributed by atoms with Crippen LogP contribution >= 0.6 is 0 Å². The van der Waals surface area contributed by atoms with E-state index in [4.69, 9.17) is 5.73 Å². The van der Waals surface area contributed by atoms with Crippen LogP contribution in [-0.4, -0.2) is 39.5 Å². The van der Waals surface area contributed by atoms with Crippen LogP contribution < -0.4 is 5.73 Å². The second-order valence-electron chi connectivity index (χ2n) is 4.05. The molecule has 0 aliphatic carbocycles. The van der Waals surface area contributed by atoms with Gasteiger partial charge in [0, 0.05) is 19.4 Å². The molecule has 0 saturated heterocycles. The summed E-state index contributed by atoms with van der Waals surface area (Å²) in [5, 5.41) is 0. The van der Waals surface area contributed by atoms with Crippen LogP contribution in [0.5, 0.6) is 0 Å². The van der Waals surface area contributed by atoms with Crippen molar-refractivity contribution in [2.24, 2.45) is 0 Å². The van der Waals surface area contributed by atoms with E-state index in [0.29, 0.717) is 5.95 Å². The molecule has 1 aromatic heterocycles. The van der Waals surface area contributed by atoms with Crippen LogP contribution in [0.15, 0.2) is 0 Å². The minimum absolute atomic E-state index is 0.345. The molecule has 0 bridgehead atoms. The zero-order chi connectivity index (χ0) is 12.7. The first-order valence-electron chi connectivity index (χ1n) is 6.41. The average Bonchev–Trinajstić information content (AvgIpc) is 2.30. The summed E-state index contributed by atoms with van der Waals surface area (Å²) in [4.78, 5) is 15.1. The fraction of sp³-hybridized carbons (Fsp3) is 0.750. The normalized spacial score (nSPS) is 11.1. The van der Waals surface area contributed by atoms with Crippen molar-refractivity contribution in [3.8, 4) is 0 Å². The van der Waals surface area contributed by atoms with Crippen molar-refractivity contribution in [3.63, 3.8) is 0 Å². The number of nitrogens with zero attached hydrogens (tertiary/aromatic N) is 4. The average molecular weight is 237 g/mol. The highest BCUT2D eigenvalue weighted by molar-refractivity contribution is 5.16. The first-order valence-corrected chi connectivity index (χ1v) is 6.41. The topological polar surface area (TPSA) is 67.9 Å². The molecule has 0 spiro atoms. The van der Waals surface area contributed by atoms with Crippen molar-refractivity contribution in [2.75, 3.05) is 25.4 Å². The Balaban J connectivity index is 2.63. The molecule has 0 aromatic carbocycles. The van der Waals surface area contributed by atoms with Crippen molar-refractivity contribution < 1.29 is 0 Å². The van der Waals surface area contributed by atoms with E-state index in [1.54, 1.807) is 0 Å². The molecule has 1 heterocycles. The third-order valence-electron chi connectivity index (χ3n) is 2.76. The van der Waals surface area contributed by atoms with Crippen LogP contribution in [0.4, 0.5) is 5.95 Å². The van der Waals surface area contributed by atoms with Gasteiger partial charge in [0.05, 0.1) is 0 Å². The van der Waals surface area contributed by atoms with Crippen molar-refractivity contribution in [2.45, 2.75) is 40.0 Å². The Hall–Kier alpha value is -1.23. The summed E-state index contributed by atoms with van der Waals surface area (Å²) in [5.74, 6) is 1.97. The van der Waals surface area contributed by atoms with Crippen LogP contribution in [0.25, 0.3) is 0 Å². The van der Waals surface area contributed by atoms with Gasteiger partial charge in [-0.15, -0.1) is 0 Å². The zero-order valence-corrected chi connectivity index (χ0v) is 11.1. The minimum atomic E-state index is 0.345. The number of hydrogen-bond donors (Lipinski definition) is 1. The van der Waals surface area contributed by atoms with Gasteiger partial charge in [0.2, 0.25) is 5.95 Å². The lowest BCUT2D eigenvalue weighted by atomic mass is 10.3. The van der Waals surface area contributed by atoms with Crippen molar-refractivity contribution >= 4 is 5.95 Å². The van der Waals surface area contributed by atoms with Gasteiger partial charge in [0.1, 0.15) is 11.6 Å². The Bertz CT molecular complexity index is 336. The molecule has 96 valence electrons. The van der Waals surface area contributed by atoms with Gasteiger partial charge in [-0.3, -0.25) is 0 Å². The van der Waals surface area contributed by atoms with E-state index >= 15 is 0 Å². The lowest BCUT2D eigenvalue weighted by molar-refractivity contribution is 0.305. The maximum atomic E-state index is 5.69. The highest BCUT2D eigenvalue weighted by atomic mass is 15.1. The summed E-state index contributed by atoms with van der Waals surface area (Å²) >= 11 is 0. The van der Waals surface area contributed by atoms with Crippen LogP contribution in [0.2, 0.25) is 0 Å². The van der Waals surface area contributed by atoms with E-state index in [2.05, 4.69) is 40.6 Å². The maximum Gasteiger partial charge on any atom is 0.223 e. The number of anilines is 1. The Labute approximate surface area is 103 Å². The molecule has 17 heavy (non-hydrogen) atoms. The van der Waals surface area contributed by atoms with E-state index in [-0.39, 0.29) is 0 Å². The minimum Gasteiger partial charge on any atom is -0.368 e. The number of nitrogens with two attached hydrogens (primary N) is 1. The molecule has 0 saturated carbocycles. The molecule has 0 unspecified atom stereocenters. The number of aromatic nitrogens is 3. The van der Waals surface area contributed by atoms with Crippen LogP contribution in [-0.2, 0) is 12.8 Å². The summed E-state index contributed by atoms with van der Waals surface area (Å²) < 4.78 is 0. The quantitative estimate of drug-likeness (QED) is 0.774. The molecule has 5 nitrogen and oxygen atoms in total. The monoisotopic (exact) mass is 237 g/mol. The molecule has 0 radical (unpaired) electrons. The van der Waals surface area contributed by atoms with Gasteiger partial charge in [-0.2, -0.15) is 9.97 Å². The van der Waals surface area contributed by atoms with Gasteiger partial charge in [0.25, 0.3) is 0 Å². The van der Waals surface area contributed by atoms with Crippen molar-refractivity contribution in [1.29, 1.82) is 0 Å². The van der Waals surface area contributed by atoms with Crippen LogP contribution in [0.3, 0.4) is 0 Å². The summed E-state index contributed by atoms with van der Waals surface area (Å²) in [6.45, 7) is 9.51. The molecule has 1 rings (SSSR count). The van der Waals surface area contributed by atoms with E-state index in [1.807, 2.05) is 0 Å². The van der Waals surface area contributed by atoms with Gasteiger partial charge in [-0.1, -0.05) is 20.8 Å². The van der Waals surface area contributed by atoms with Gasteiger partial charge in [0.15, 0.2) is 0 Å². The maximum absolute atomic E-state index is 5.69. The van der Waals surface area contributed by atoms with Gasteiger partial charge < -0.3 is 10.6 Å². The number of nitrogen functional groups attached to an aromatic ring is 1. The summed E-state index contributed by atoms with van der Waals surface area (Å²) in [7, 11) is 0. The molecular weight excluding hydrogens is 214 g/mol. The van der Waals surface area contributed by atoms with Gasteiger partial charge in [-0.25, -0.2) is 4.98 Å². The first-order chi connectivity index (χ1) is 8.19. The number of aryl methyl sites for hydroxylation is 1. The van der Waals surface area contributed by atoms with E-state index in [1.165, 1.54) is 0 Å². The second kappa shape index (κ2) is 7.17. The summed E-state index contributed by atoms with van der Waals surface area (Å²) in [6.07, 6.45) is 2.73. The predicted molar refractivity (Wildman–Crippen MR) is 69.7 cm³/mol. The number of rotatable bonds is 7. The Morgan fingerprint density at radius 1 is 0.941 bits per heavy atom. The SMILES string of the molecule is CCCc1nc(N)nc(CCN(CC)CC)n1. The molecule has 0 amide bonds. The van der Waals surface area contributed by atoms with E-state index < -0.39 is 0 Å². The Morgan fingerprint density at radius 3 is 2.06 bits per heavy atom. The number of hydrogen-bond acceptors (Lipinski definition) is 5. The lowest BCUT2D eigenvalue weighted by Crippen LogP contribution is -2.26.